The molecule has 126 valence electrons. The van der Waals surface area contributed by atoms with E-state index in [0.717, 1.165) is 12.1 Å². The highest BCUT2D eigenvalue weighted by Gasteiger charge is 2.32. The SMILES string of the molecule is CC(C)Oc1ccc(C(F)(F)F)cc1C1C=CC2=NC(=O)NC2=C1. The zero-order valence-corrected chi connectivity index (χ0v) is 13.0. The van der Waals surface area contributed by atoms with Gasteiger partial charge in [-0.25, -0.2) is 4.79 Å². The van der Waals surface area contributed by atoms with Crippen molar-refractivity contribution in [3.8, 4) is 5.75 Å². The summed E-state index contributed by atoms with van der Waals surface area (Å²) in [5, 5.41) is 2.56. The second-order valence-corrected chi connectivity index (χ2v) is 5.81. The summed E-state index contributed by atoms with van der Waals surface area (Å²) < 4.78 is 44.8. The number of carbonyl (C=O) groups is 1. The Morgan fingerprint density at radius 3 is 2.71 bits per heavy atom. The Morgan fingerprint density at radius 2 is 2.04 bits per heavy atom. The van der Waals surface area contributed by atoms with E-state index in [1.54, 1.807) is 32.1 Å². The van der Waals surface area contributed by atoms with Crippen LogP contribution in [0, 0.1) is 0 Å². The Balaban J connectivity index is 2.03. The Hall–Kier alpha value is -2.57. The third-order valence-corrected chi connectivity index (χ3v) is 3.61. The van der Waals surface area contributed by atoms with Crippen molar-refractivity contribution < 1.29 is 22.7 Å². The van der Waals surface area contributed by atoms with Crippen molar-refractivity contribution >= 4 is 11.7 Å². The van der Waals surface area contributed by atoms with E-state index in [9.17, 15) is 18.0 Å². The highest BCUT2D eigenvalue weighted by Crippen LogP contribution is 2.38. The topological polar surface area (TPSA) is 50.7 Å². The van der Waals surface area contributed by atoms with E-state index in [1.165, 1.54) is 6.07 Å². The summed E-state index contributed by atoms with van der Waals surface area (Å²) in [4.78, 5) is 15.1. The molecule has 1 aromatic carbocycles. The maximum atomic E-state index is 13.0. The van der Waals surface area contributed by atoms with Crippen molar-refractivity contribution in [3.63, 3.8) is 0 Å². The Bertz CT molecular complexity index is 777. The lowest BCUT2D eigenvalue weighted by atomic mass is 9.90. The van der Waals surface area contributed by atoms with E-state index >= 15 is 0 Å². The molecule has 1 heterocycles. The smallest absolute Gasteiger partial charge is 0.416 e. The summed E-state index contributed by atoms with van der Waals surface area (Å²) in [5.74, 6) is -0.0670. The highest BCUT2D eigenvalue weighted by molar-refractivity contribution is 6.19. The number of nitrogens with one attached hydrogen (secondary N) is 1. The van der Waals surface area contributed by atoms with Gasteiger partial charge in [0.15, 0.2) is 0 Å². The van der Waals surface area contributed by atoms with Crippen LogP contribution in [0.3, 0.4) is 0 Å². The lowest BCUT2D eigenvalue weighted by molar-refractivity contribution is -0.137. The molecular formula is C17H15F3N2O2. The summed E-state index contributed by atoms with van der Waals surface area (Å²) in [7, 11) is 0. The van der Waals surface area contributed by atoms with E-state index < -0.39 is 23.7 Å². The number of fused-ring (bicyclic) bond motifs is 1. The summed E-state index contributed by atoms with van der Waals surface area (Å²) in [6, 6.07) is 2.94. The van der Waals surface area contributed by atoms with Crippen LogP contribution in [0.4, 0.5) is 18.0 Å². The normalized spacial score (nSPS) is 19.8. The number of allylic oxidation sites excluding steroid dienone is 3. The highest BCUT2D eigenvalue weighted by atomic mass is 19.4. The zero-order chi connectivity index (χ0) is 17.5. The molecule has 0 fully saturated rings. The predicted molar refractivity (Wildman–Crippen MR) is 83.1 cm³/mol. The van der Waals surface area contributed by atoms with E-state index in [4.69, 9.17) is 4.74 Å². The van der Waals surface area contributed by atoms with Crippen LogP contribution in [0.1, 0.15) is 30.9 Å². The van der Waals surface area contributed by atoms with Gasteiger partial charge in [0.1, 0.15) is 5.75 Å². The van der Waals surface area contributed by atoms with Crippen LogP contribution in [-0.2, 0) is 6.18 Å². The van der Waals surface area contributed by atoms with Gasteiger partial charge < -0.3 is 10.1 Å². The summed E-state index contributed by atoms with van der Waals surface area (Å²) in [6.07, 6.45) is 0.379. The Kier molecular flexibility index (Phi) is 3.95. The molecular weight excluding hydrogens is 321 g/mol. The van der Waals surface area contributed by atoms with Crippen LogP contribution >= 0.6 is 0 Å². The number of hydrogen-bond acceptors (Lipinski definition) is 2. The van der Waals surface area contributed by atoms with Gasteiger partial charge in [-0.2, -0.15) is 18.2 Å². The van der Waals surface area contributed by atoms with Crippen molar-refractivity contribution in [2.75, 3.05) is 0 Å². The molecule has 0 saturated heterocycles. The third kappa shape index (κ3) is 3.20. The van der Waals surface area contributed by atoms with Gasteiger partial charge in [0.05, 0.1) is 23.1 Å². The monoisotopic (exact) mass is 336 g/mol. The second-order valence-electron chi connectivity index (χ2n) is 5.81. The number of amides is 2. The number of aliphatic imine (C=N–C) groups is 1. The first-order valence-corrected chi connectivity index (χ1v) is 7.42. The number of ether oxygens (including phenoxy) is 1. The Morgan fingerprint density at radius 1 is 1.29 bits per heavy atom. The number of nitrogens with zero attached hydrogens (tertiary/aromatic N) is 1. The number of halogens is 3. The molecule has 0 aromatic heterocycles. The van der Waals surface area contributed by atoms with Gasteiger partial charge in [-0.15, -0.1) is 0 Å². The molecule has 1 aliphatic carbocycles. The number of alkyl halides is 3. The molecule has 3 rings (SSSR count). The fourth-order valence-electron chi connectivity index (χ4n) is 2.60. The van der Waals surface area contributed by atoms with Gasteiger partial charge in [0.2, 0.25) is 0 Å². The average molecular weight is 336 g/mol. The second kappa shape index (κ2) is 5.81. The van der Waals surface area contributed by atoms with Crippen molar-refractivity contribution in [1.82, 2.24) is 5.32 Å². The van der Waals surface area contributed by atoms with Crippen molar-refractivity contribution in [2.24, 2.45) is 4.99 Å². The summed E-state index contributed by atoms with van der Waals surface area (Å²) >= 11 is 0. The van der Waals surface area contributed by atoms with E-state index in [2.05, 4.69) is 10.3 Å². The first-order chi connectivity index (χ1) is 11.2. The fraction of sp³-hybridized carbons (Fsp3) is 0.294. The summed E-state index contributed by atoms with van der Waals surface area (Å²) in [5.41, 5.74) is 0.632. The van der Waals surface area contributed by atoms with Crippen LogP contribution in [0.2, 0.25) is 0 Å². The first-order valence-electron chi connectivity index (χ1n) is 7.42. The summed E-state index contributed by atoms with van der Waals surface area (Å²) in [6.45, 7) is 3.61. The number of carbonyl (C=O) groups excluding carboxylic acids is 1. The first kappa shape index (κ1) is 16.3. The maximum Gasteiger partial charge on any atom is 0.416 e. The van der Waals surface area contributed by atoms with Gasteiger partial charge in [-0.3, -0.25) is 0 Å². The van der Waals surface area contributed by atoms with E-state index in [-0.39, 0.29) is 6.10 Å². The predicted octanol–water partition coefficient (Wildman–Crippen LogP) is 4.19. The molecule has 0 saturated carbocycles. The quantitative estimate of drug-likeness (QED) is 0.899. The van der Waals surface area contributed by atoms with Crippen molar-refractivity contribution in [1.29, 1.82) is 0 Å². The molecule has 0 radical (unpaired) electrons. The van der Waals surface area contributed by atoms with E-state index in [1.807, 2.05) is 0 Å². The van der Waals surface area contributed by atoms with Gasteiger partial charge >= 0.3 is 12.2 Å². The van der Waals surface area contributed by atoms with Gasteiger partial charge in [0, 0.05) is 11.5 Å². The van der Waals surface area contributed by atoms with Crippen LogP contribution in [0.15, 0.2) is 47.1 Å². The Labute approximate surface area is 136 Å². The molecule has 7 heteroatoms. The van der Waals surface area contributed by atoms with Gasteiger partial charge in [-0.05, 0) is 44.2 Å². The van der Waals surface area contributed by atoms with Gasteiger partial charge in [0.25, 0.3) is 0 Å². The standard InChI is InChI=1S/C17H15F3N2O2/c1-9(2)24-15-6-4-11(17(18,19)20)8-12(15)10-3-5-13-14(7-10)22-16(23)21-13/h3-10H,1-2H3,(H,22,23). The molecule has 0 bridgehead atoms. The molecule has 0 spiro atoms. The lowest BCUT2D eigenvalue weighted by Crippen LogP contribution is -2.18. The van der Waals surface area contributed by atoms with Crippen LogP contribution in [0.5, 0.6) is 5.75 Å². The number of urea groups is 1. The molecule has 2 amide bonds. The maximum absolute atomic E-state index is 13.0. The molecule has 4 nitrogen and oxygen atoms in total. The third-order valence-electron chi connectivity index (χ3n) is 3.61. The molecule has 1 N–H and O–H groups in total. The number of hydrogen-bond donors (Lipinski definition) is 1. The fourth-order valence-corrected chi connectivity index (χ4v) is 2.60. The van der Waals surface area contributed by atoms with Crippen molar-refractivity contribution in [2.45, 2.75) is 32.0 Å². The van der Waals surface area contributed by atoms with Gasteiger partial charge in [-0.1, -0.05) is 6.08 Å². The molecule has 1 aromatic rings. The van der Waals surface area contributed by atoms with E-state index in [0.29, 0.717) is 22.7 Å². The van der Waals surface area contributed by atoms with Crippen LogP contribution in [0.25, 0.3) is 0 Å². The zero-order valence-electron chi connectivity index (χ0n) is 13.0. The molecule has 2 aliphatic rings. The average Bonchev–Trinajstić information content (AvgIpc) is 2.85. The largest absolute Gasteiger partial charge is 0.491 e. The number of rotatable bonds is 3. The number of benzene rings is 1. The molecule has 1 atom stereocenters. The minimum absolute atomic E-state index is 0.177. The van der Waals surface area contributed by atoms with Crippen LogP contribution in [-0.4, -0.2) is 17.8 Å². The minimum Gasteiger partial charge on any atom is -0.491 e. The molecule has 1 aliphatic heterocycles. The van der Waals surface area contributed by atoms with Crippen LogP contribution < -0.4 is 10.1 Å². The molecule has 1 unspecified atom stereocenters. The molecule has 24 heavy (non-hydrogen) atoms. The van der Waals surface area contributed by atoms with Crippen molar-refractivity contribution in [3.05, 3.63) is 53.3 Å². The lowest BCUT2D eigenvalue weighted by Gasteiger charge is -2.21. The minimum atomic E-state index is -4.44.